The van der Waals surface area contributed by atoms with Crippen LogP contribution in [0.5, 0.6) is 0 Å². The number of allylic oxidation sites excluding steroid dienone is 4. The Kier molecular flexibility index (Phi) is 8.94. The molecular formula is C18H18Cl2Zr. The molecule has 0 aliphatic heterocycles. The molecule has 108 valence electrons. The number of hydrogen-bond donors (Lipinski definition) is 0. The normalized spacial score (nSPS) is 13.3. The number of aryl methyl sites for hydroxylation is 1. The average Bonchev–Trinajstić information content (AvgIpc) is 2.92. The smallest absolute Gasteiger partial charge is 1.00 e. The second-order valence-corrected chi connectivity index (χ2v) is 5.23. The minimum Gasteiger partial charge on any atom is -1.00 e. The van der Waals surface area contributed by atoms with Crippen molar-refractivity contribution in [3.8, 4) is 0 Å². The summed E-state index contributed by atoms with van der Waals surface area (Å²) >= 11 is 0. The molecule has 0 N–H and O–H groups in total. The van der Waals surface area contributed by atoms with E-state index in [0.29, 0.717) is 0 Å². The Morgan fingerprint density at radius 3 is 2.43 bits per heavy atom. The molecule has 0 nitrogen and oxygen atoms in total. The number of hydrogen-bond acceptors (Lipinski definition) is 0. The van der Waals surface area contributed by atoms with Crippen LogP contribution in [-0.2, 0) is 32.6 Å². The molecule has 21 heavy (non-hydrogen) atoms. The van der Waals surface area contributed by atoms with Gasteiger partial charge in [-0.3, -0.25) is 6.08 Å². The summed E-state index contributed by atoms with van der Waals surface area (Å²) in [4.78, 5) is 0. The molecule has 2 aromatic rings. The van der Waals surface area contributed by atoms with Crippen LogP contribution in [0.3, 0.4) is 0 Å². The zero-order valence-corrected chi connectivity index (χ0v) is 16.3. The summed E-state index contributed by atoms with van der Waals surface area (Å²) in [5.41, 5.74) is 5.82. The van der Waals surface area contributed by atoms with Crippen molar-refractivity contribution < 1.29 is 51.0 Å². The standard InChI is InChI=1S/C18H18.2ClH.Zr/c1-13-7-9-16(14(13)2)10-8-15-11-17-5-3-4-6-18(17)12-15;;;/h3-6,11-12H,7-8,10H2,1-2H3;2*1H;/q-2;;;+4/p-2. The maximum absolute atomic E-state index is 3.50. The second-order valence-electron chi connectivity index (χ2n) is 5.23. The molecule has 0 aromatic heterocycles. The van der Waals surface area contributed by atoms with E-state index in [4.69, 9.17) is 0 Å². The molecule has 0 bridgehead atoms. The van der Waals surface area contributed by atoms with Crippen molar-refractivity contribution in [2.24, 2.45) is 0 Å². The van der Waals surface area contributed by atoms with Crippen LogP contribution in [0.15, 0.2) is 53.1 Å². The van der Waals surface area contributed by atoms with Crippen molar-refractivity contribution in [3.63, 3.8) is 0 Å². The van der Waals surface area contributed by atoms with E-state index >= 15 is 0 Å². The Bertz CT molecular complexity index is 617. The maximum Gasteiger partial charge on any atom is 4.00 e. The number of fused-ring (bicyclic) bond motifs is 1. The number of benzene rings is 1. The zero-order chi connectivity index (χ0) is 12.5. The molecule has 0 fully saturated rings. The van der Waals surface area contributed by atoms with Crippen LogP contribution >= 0.6 is 0 Å². The van der Waals surface area contributed by atoms with Gasteiger partial charge in [0.1, 0.15) is 0 Å². The van der Waals surface area contributed by atoms with Gasteiger partial charge >= 0.3 is 26.2 Å². The van der Waals surface area contributed by atoms with Gasteiger partial charge in [-0.05, 0) is 6.42 Å². The van der Waals surface area contributed by atoms with Gasteiger partial charge in [0.15, 0.2) is 0 Å². The van der Waals surface area contributed by atoms with Gasteiger partial charge in [0.25, 0.3) is 0 Å². The van der Waals surface area contributed by atoms with Gasteiger partial charge in [0.05, 0.1) is 0 Å². The van der Waals surface area contributed by atoms with Gasteiger partial charge < -0.3 is 24.8 Å². The fraction of sp³-hybridized carbons (Fsp3) is 0.278. The van der Waals surface area contributed by atoms with Crippen molar-refractivity contribution in [2.75, 3.05) is 0 Å². The molecule has 3 rings (SSSR count). The van der Waals surface area contributed by atoms with Crippen LogP contribution in [0.1, 0.15) is 32.3 Å². The molecule has 0 heterocycles. The molecule has 0 unspecified atom stereocenters. The number of halogens is 2. The Morgan fingerprint density at radius 2 is 1.81 bits per heavy atom. The van der Waals surface area contributed by atoms with E-state index in [1.54, 1.807) is 0 Å². The van der Waals surface area contributed by atoms with E-state index in [2.05, 4.69) is 56.3 Å². The van der Waals surface area contributed by atoms with Crippen LogP contribution in [0.2, 0.25) is 0 Å². The molecule has 2 aromatic carbocycles. The minimum atomic E-state index is 0. The predicted octanol–water partition coefficient (Wildman–Crippen LogP) is -1.03. The third-order valence-electron chi connectivity index (χ3n) is 4.00. The van der Waals surface area contributed by atoms with E-state index in [0.717, 1.165) is 19.3 Å². The van der Waals surface area contributed by atoms with Crippen LogP contribution in [-0.4, -0.2) is 0 Å². The summed E-state index contributed by atoms with van der Waals surface area (Å²) in [5.74, 6) is 0. The Hall–Kier alpha value is -0.227. The fourth-order valence-corrected chi connectivity index (χ4v) is 2.67. The van der Waals surface area contributed by atoms with Gasteiger partial charge in [0, 0.05) is 0 Å². The summed E-state index contributed by atoms with van der Waals surface area (Å²) in [6.07, 6.45) is 6.79. The first kappa shape index (κ1) is 20.8. The summed E-state index contributed by atoms with van der Waals surface area (Å²) in [7, 11) is 0. The summed E-state index contributed by atoms with van der Waals surface area (Å²) in [6, 6.07) is 13.2. The zero-order valence-electron chi connectivity index (χ0n) is 12.3. The molecule has 1 aliphatic carbocycles. The molecule has 0 saturated carbocycles. The van der Waals surface area contributed by atoms with Crippen molar-refractivity contribution >= 4 is 10.8 Å². The maximum atomic E-state index is 3.50. The summed E-state index contributed by atoms with van der Waals surface area (Å²) < 4.78 is 0. The van der Waals surface area contributed by atoms with Gasteiger partial charge in [-0.1, -0.05) is 19.4 Å². The fourth-order valence-electron chi connectivity index (χ4n) is 2.67. The largest absolute Gasteiger partial charge is 4.00 e. The SMILES string of the molecule is CC1=C(C)C(CCc2cc3ccccc3[cH-]2)=[C-]C1.[Cl-].[Cl-].[Zr+4]. The van der Waals surface area contributed by atoms with Gasteiger partial charge in [0.2, 0.25) is 0 Å². The Morgan fingerprint density at radius 1 is 1.10 bits per heavy atom. The molecular weight excluding hydrogens is 378 g/mol. The first-order chi connectivity index (χ1) is 8.74. The van der Waals surface area contributed by atoms with Gasteiger partial charge in [-0.25, -0.2) is 5.57 Å². The predicted molar refractivity (Wildman–Crippen MR) is 77.6 cm³/mol. The van der Waals surface area contributed by atoms with Crippen molar-refractivity contribution in [3.05, 3.63) is 64.8 Å². The van der Waals surface area contributed by atoms with E-state index in [1.807, 2.05) is 0 Å². The monoisotopic (exact) mass is 394 g/mol. The van der Waals surface area contributed by atoms with E-state index in [1.165, 1.54) is 33.1 Å². The minimum absolute atomic E-state index is 0. The molecule has 0 radical (unpaired) electrons. The van der Waals surface area contributed by atoms with E-state index in [-0.39, 0.29) is 51.0 Å². The topological polar surface area (TPSA) is 0 Å². The molecule has 0 spiro atoms. The molecule has 0 amide bonds. The molecule has 3 heteroatoms. The van der Waals surface area contributed by atoms with E-state index < -0.39 is 0 Å². The summed E-state index contributed by atoms with van der Waals surface area (Å²) in [5, 5.41) is 2.72. The van der Waals surface area contributed by atoms with Crippen LogP contribution in [0, 0.1) is 6.08 Å². The third kappa shape index (κ3) is 4.62. The Labute approximate surface area is 159 Å². The van der Waals surface area contributed by atoms with Gasteiger partial charge in [-0.2, -0.15) is 17.2 Å². The molecule has 0 atom stereocenters. The first-order valence-electron chi connectivity index (χ1n) is 6.65. The van der Waals surface area contributed by atoms with Crippen LogP contribution in [0.25, 0.3) is 10.8 Å². The van der Waals surface area contributed by atoms with E-state index in [9.17, 15) is 0 Å². The summed E-state index contributed by atoms with van der Waals surface area (Å²) in [6.45, 7) is 4.44. The quantitative estimate of drug-likeness (QED) is 0.582. The van der Waals surface area contributed by atoms with Gasteiger partial charge in [-0.15, -0.1) is 53.9 Å². The molecule has 1 aliphatic rings. The number of rotatable bonds is 3. The Balaban J connectivity index is 0.00000133. The first-order valence-corrected chi connectivity index (χ1v) is 6.65. The van der Waals surface area contributed by atoms with Crippen LogP contribution < -0.4 is 24.8 Å². The van der Waals surface area contributed by atoms with Crippen molar-refractivity contribution in [1.82, 2.24) is 0 Å². The van der Waals surface area contributed by atoms with Crippen LogP contribution in [0.4, 0.5) is 0 Å². The molecule has 0 saturated heterocycles. The second kappa shape index (κ2) is 9.03. The van der Waals surface area contributed by atoms with Crippen molar-refractivity contribution in [1.29, 1.82) is 0 Å². The third-order valence-corrected chi connectivity index (χ3v) is 4.00. The van der Waals surface area contributed by atoms with Crippen molar-refractivity contribution in [2.45, 2.75) is 33.1 Å². The average molecular weight is 396 g/mol.